The Morgan fingerprint density at radius 3 is 2.46 bits per heavy atom. The van der Waals surface area contributed by atoms with Crippen molar-refractivity contribution in [2.24, 2.45) is 11.3 Å². The van der Waals surface area contributed by atoms with E-state index in [1.54, 1.807) is 0 Å². The molecular formula is C18H17F3N2O. The van der Waals surface area contributed by atoms with Crippen molar-refractivity contribution in [1.29, 1.82) is 0 Å². The highest BCUT2D eigenvalue weighted by atomic mass is 19.4. The van der Waals surface area contributed by atoms with Gasteiger partial charge in [-0.2, -0.15) is 18.3 Å². The Labute approximate surface area is 137 Å². The SMILES string of the molecule is Cc1nn(C(=O)c2ccc(C(F)(F)F)cc2)c2c1[C@H]1[C@@H](C2)C1(C)C. The van der Waals surface area contributed by atoms with Crippen LogP contribution in [-0.4, -0.2) is 15.7 Å². The molecule has 0 spiro atoms. The van der Waals surface area contributed by atoms with Crippen molar-refractivity contribution in [3.05, 3.63) is 52.3 Å². The van der Waals surface area contributed by atoms with Gasteiger partial charge < -0.3 is 0 Å². The van der Waals surface area contributed by atoms with Crippen molar-refractivity contribution in [3.63, 3.8) is 0 Å². The molecule has 1 fully saturated rings. The second-order valence-electron chi connectivity index (χ2n) is 7.35. The van der Waals surface area contributed by atoms with Gasteiger partial charge in [0.2, 0.25) is 0 Å². The third-order valence-corrected chi connectivity index (χ3v) is 5.63. The van der Waals surface area contributed by atoms with Crippen molar-refractivity contribution in [2.75, 3.05) is 0 Å². The van der Waals surface area contributed by atoms with Crippen LogP contribution in [0.25, 0.3) is 0 Å². The largest absolute Gasteiger partial charge is 0.416 e. The maximum absolute atomic E-state index is 12.7. The zero-order valence-corrected chi connectivity index (χ0v) is 13.6. The van der Waals surface area contributed by atoms with Gasteiger partial charge >= 0.3 is 6.18 Å². The van der Waals surface area contributed by atoms with Crippen LogP contribution in [0.15, 0.2) is 24.3 Å². The molecule has 2 aliphatic carbocycles. The standard InChI is InChI=1S/C18H17F3N2O/c1-9-14-13(8-12-15(14)17(12,2)3)23(22-9)16(24)10-4-6-11(7-5-10)18(19,20)21/h4-7,12,15H,8H2,1-3H3/t12-,15-/m1/s1. The van der Waals surface area contributed by atoms with Gasteiger partial charge in [0.1, 0.15) is 0 Å². The van der Waals surface area contributed by atoms with Crippen LogP contribution in [-0.2, 0) is 12.6 Å². The molecule has 0 amide bonds. The van der Waals surface area contributed by atoms with Crippen LogP contribution in [0.4, 0.5) is 13.2 Å². The fraction of sp³-hybridized carbons (Fsp3) is 0.444. The molecule has 1 heterocycles. The van der Waals surface area contributed by atoms with Crippen LogP contribution < -0.4 is 0 Å². The van der Waals surface area contributed by atoms with Crippen LogP contribution in [0.3, 0.4) is 0 Å². The summed E-state index contributed by atoms with van der Waals surface area (Å²) in [7, 11) is 0. The van der Waals surface area contributed by atoms with Gasteiger partial charge in [0, 0.05) is 11.1 Å². The van der Waals surface area contributed by atoms with Gasteiger partial charge in [-0.05, 0) is 54.9 Å². The molecule has 1 saturated carbocycles. The summed E-state index contributed by atoms with van der Waals surface area (Å²) in [6.45, 7) is 6.34. The average molecular weight is 334 g/mol. The van der Waals surface area contributed by atoms with E-state index in [-0.39, 0.29) is 16.9 Å². The Morgan fingerprint density at radius 1 is 1.25 bits per heavy atom. The van der Waals surface area contributed by atoms with Crippen molar-refractivity contribution in [2.45, 2.75) is 39.3 Å². The maximum atomic E-state index is 12.7. The smallest absolute Gasteiger partial charge is 0.267 e. The van der Waals surface area contributed by atoms with E-state index in [1.165, 1.54) is 16.8 Å². The van der Waals surface area contributed by atoms with E-state index in [0.717, 1.165) is 35.5 Å². The number of benzene rings is 1. The van der Waals surface area contributed by atoms with Crippen molar-refractivity contribution in [1.82, 2.24) is 9.78 Å². The molecule has 4 rings (SSSR count). The minimum Gasteiger partial charge on any atom is -0.267 e. The second-order valence-corrected chi connectivity index (χ2v) is 7.35. The van der Waals surface area contributed by atoms with E-state index in [1.807, 2.05) is 6.92 Å². The number of carbonyl (C=O) groups excluding carboxylic acids is 1. The van der Waals surface area contributed by atoms with Gasteiger partial charge in [0.25, 0.3) is 5.91 Å². The highest BCUT2D eigenvalue weighted by Crippen LogP contribution is 2.70. The Morgan fingerprint density at radius 2 is 1.88 bits per heavy atom. The molecule has 0 saturated heterocycles. The summed E-state index contributed by atoms with van der Waals surface area (Å²) in [6, 6.07) is 4.30. The molecule has 0 bridgehead atoms. The second kappa shape index (κ2) is 4.49. The lowest BCUT2D eigenvalue weighted by atomic mass is 9.98. The number of rotatable bonds is 1. The van der Waals surface area contributed by atoms with Crippen LogP contribution >= 0.6 is 0 Å². The van der Waals surface area contributed by atoms with E-state index >= 15 is 0 Å². The molecule has 0 radical (unpaired) electrons. The Balaban J connectivity index is 1.68. The normalized spacial score (nSPS) is 23.8. The number of hydrogen-bond acceptors (Lipinski definition) is 2. The topological polar surface area (TPSA) is 34.9 Å². The number of aryl methyl sites for hydroxylation is 1. The minimum absolute atomic E-state index is 0.216. The van der Waals surface area contributed by atoms with Gasteiger partial charge in [-0.1, -0.05) is 13.8 Å². The van der Waals surface area contributed by atoms with E-state index < -0.39 is 11.7 Å². The number of aromatic nitrogens is 2. The molecule has 0 unspecified atom stereocenters. The molecule has 1 aromatic heterocycles. The Bertz CT molecular complexity index is 846. The first-order valence-electron chi connectivity index (χ1n) is 7.92. The minimum atomic E-state index is -4.40. The molecule has 2 atom stereocenters. The molecule has 1 aromatic carbocycles. The summed E-state index contributed by atoms with van der Waals surface area (Å²) < 4.78 is 39.3. The van der Waals surface area contributed by atoms with Gasteiger partial charge in [-0.15, -0.1) is 0 Å². The third-order valence-electron chi connectivity index (χ3n) is 5.63. The summed E-state index contributed by atoms with van der Waals surface area (Å²) in [5.41, 5.74) is 2.64. The van der Waals surface area contributed by atoms with Gasteiger partial charge in [0.05, 0.1) is 17.0 Å². The first kappa shape index (κ1) is 15.4. The maximum Gasteiger partial charge on any atom is 0.416 e. The van der Waals surface area contributed by atoms with Gasteiger partial charge in [-0.3, -0.25) is 4.79 Å². The molecule has 3 nitrogen and oxygen atoms in total. The lowest BCUT2D eigenvalue weighted by Gasteiger charge is -2.11. The predicted molar refractivity (Wildman–Crippen MR) is 81.9 cm³/mol. The van der Waals surface area contributed by atoms with E-state index in [0.29, 0.717) is 11.8 Å². The Hall–Kier alpha value is -2.11. The molecule has 0 aliphatic heterocycles. The zero-order chi connectivity index (χ0) is 17.4. The lowest BCUT2D eigenvalue weighted by Crippen LogP contribution is -2.18. The zero-order valence-electron chi connectivity index (χ0n) is 13.6. The molecule has 24 heavy (non-hydrogen) atoms. The van der Waals surface area contributed by atoms with Gasteiger partial charge in [-0.25, -0.2) is 4.68 Å². The highest BCUT2D eigenvalue weighted by molar-refractivity contribution is 5.96. The number of halogens is 3. The van der Waals surface area contributed by atoms with Gasteiger partial charge in [0.15, 0.2) is 0 Å². The quantitative estimate of drug-likeness (QED) is 0.784. The highest BCUT2D eigenvalue weighted by Gasteiger charge is 2.64. The number of nitrogens with zero attached hydrogens (tertiary/aromatic N) is 2. The summed E-state index contributed by atoms with van der Waals surface area (Å²) in [6.07, 6.45) is -3.60. The third kappa shape index (κ3) is 1.98. The predicted octanol–water partition coefficient (Wildman–Crippen LogP) is 4.19. The van der Waals surface area contributed by atoms with E-state index in [4.69, 9.17) is 0 Å². The fourth-order valence-corrected chi connectivity index (χ4v) is 4.19. The van der Waals surface area contributed by atoms with Crippen molar-refractivity contribution >= 4 is 5.91 Å². The number of fused-ring (bicyclic) bond motifs is 3. The number of hydrogen-bond donors (Lipinski definition) is 0. The molecule has 2 aromatic rings. The summed E-state index contributed by atoms with van der Waals surface area (Å²) in [5, 5.41) is 4.37. The monoisotopic (exact) mass is 334 g/mol. The summed E-state index contributed by atoms with van der Waals surface area (Å²) >= 11 is 0. The van der Waals surface area contributed by atoms with Crippen LogP contribution in [0, 0.1) is 18.3 Å². The summed E-state index contributed by atoms with van der Waals surface area (Å²) in [4.78, 5) is 12.7. The van der Waals surface area contributed by atoms with Crippen molar-refractivity contribution in [3.8, 4) is 0 Å². The molecule has 126 valence electrons. The molecule has 0 N–H and O–H groups in total. The number of alkyl halides is 3. The molecule has 6 heteroatoms. The first-order chi connectivity index (χ1) is 11.1. The molecule has 2 aliphatic rings. The van der Waals surface area contributed by atoms with Crippen LogP contribution in [0.2, 0.25) is 0 Å². The molecular weight excluding hydrogens is 317 g/mol. The van der Waals surface area contributed by atoms with Crippen LogP contribution in [0.1, 0.15) is 52.6 Å². The van der Waals surface area contributed by atoms with E-state index in [9.17, 15) is 18.0 Å². The summed E-state index contributed by atoms with van der Waals surface area (Å²) in [5.74, 6) is 0.615. The van der Waals surface area contributed by atoms with Crippen LogP contribution in [0.5, 0.6) is 0 Å². The average Bonchev–Trinajstić information content (AvgIpc) is 2.84. The van der Waals surface area contributed by atoms with E-state index in [2.05, 4.69) is 18.9 Å². The fourth-order valence-electron chi connectivity index (χ4n) is 4.19. The lowest BCUT2D eigenvalue weighted by molar-refractivity contribution is -0.137. The Kier molecular flexibility index (Phi) is 2.89. The first-order valence-corrected chi connectivity index (χ1v) is 7.92. The number of carbonyl (C=O) groups is 1. The van der Waals surface area contributed by atoms with Crippen molar-refractivity contribution < 1.29 is 18.0 Å².